The number of halogens is 1. The zero-order valence-corrected chi connectivity index (χ0v) is 12.8. The largest absolute Gasteiger partial charge is 0.260 e. The van der Waals surface area contributed by atoms with Gasteiger partial charge in [-0.25, -0.2) is 13.4 Å². The van der Waals surface area contributed by atoms with Crippen LogP contribution in [0, 0.1) is 5.92 Å². The monoisotopic (exact) mass is 302 g/mol. The molecule has 19 heavy (non-hydrogen) atoms. The molecule has 0 saturated carbocycles. The Bertz CT molecular complexity index is 528. The Balaban J connectivity index is 2.30. The number of pyridine rings is 1. The molecule has 0 amide bonds. The lowest BCUT2D eigenvalue weighted by molar-refractivity contribution is 0.315. The first-order valence-corrected chi connectivity index (χ1v) is 8.47. The number of sulfonamides is 1. The van der Waals surface area contributed by atoms with Crippen LogP contribution in [0.25, 0.3) is 0 Å². The summed E-state index contributed by atoms with van der Waals surface area (Å²) in [6.07, 6.45) is 3.37. The van der Waals surface area contributed by atoms with Crippen molar-refractivity contribution in [2.24, 2.45) is 5.92 Å². The van der Waals surface area contributed by atoms with Gasteiger partial charge in [-0.15, -0.1) is 11.6 Å². The number of alkyl halides is 1. The molecule has 1 aromatic heterocycles. The first-order valence-electron chi connectivity index (χ1n) is 6.49. The lowest BCUT2D eigenvalue weighted by Crippen LogP contribution is -2.38. The second kappa shape index (κ2) is 5.77. The molecule has 1 saturated heterocycles. The lowest BCUT2D eigenvalue weighted by atomic mass is 10.0. The topological polar surface area (TPSA) is 50.3 Å². The predicted molar refractivity (Wildman–Crippen MR) is 75.5 cm³/mol. The second-order valence-corrected chi connectivity index (χ2v) is 7.31. The Labute approximate surface area is 119 Å². The highest BCUT2D eigenvalue weighted by Crippen LogP contribution is 2.29. The van der Waals surface area contributed by atoms with Crippen LogP contribution in [0.4, 0.5) is 0 Å². The van der Waals surface area contributed by atoms with Crippen molar-refractivity contribution in [2.75, 3.05) is 6.54 Å². The highest BCUT2D eigenvalue weighted by atomic mass is 35.5. The van der Waals surface area contributed by atoms with Crippen LogP contribution in [0.1, 0.15) is 32.3 Å². The van der Waals surface area contributed by atoms with Crippen LogP contribution in [-0.2, 0) is 15.9 Å². The van der Waals surface area contributed by atoms with E-state index in [1.54, 1.807) is 16.4 Å². The smallest absolute Gasteiger partial charge is 0.243 e. The molecule has 0 N–H and O–H groups in total. The van der Waals surface area contributed by atoms with Crippen LogP contribution in [0.3, 0.4) is 0 Å². The van der Waals surface area contributed by atoms with E-state index in [9.17, 15) is 8.42 Å². The van der Waals surface area contributed by atoms with Gasteiger partial charge in [0.15, 0.2) is 5.03 Å². The van der Waals surface area contributed by atoms with Crippen LogP contribution < -0.4 is 0 Å². The molecule has 106 valence electrons. The molecule has 0 radical (unpaired) electrons. The van der Waals surface area contributed by atoms with Crippen LogP contribution >= 0.6 is 11.6 Å². The second-order valence-electron chi connectivity index (χ2n) is 5.21. The predicted octanol–water partition coefficient (Wildman–Crippen LogP) is 2.63. The minimum Gasteiger partial charge on any atom is -0.243 e. The normalized spacial score (nSPS) is 21.2. The maximum atomic E-state index is 12.6. The van der Waals surface area contributed by atoms with Gasteiger partial charge in [-0.2, -0.15) is 4.31 Å². The summed E-state index contributed by atoms with van der Waals surface area (Å²) in [5.74, 6) is 0.658. The number of hydrogen-bond donors (Lipinski definition) is 0. The molecule has 0 spiro atoms. The average Bonchev–Trinajstić information content (AvgIpc) is 2.89. The van der Waals surface area contributed by atoms with E-state index < -0.39 is 10.0 Å². The molecule has 2 rings (SSSR count). The SMILES string of the molecule is CC(C)C1CCCN1S(=O)(=O)c1ccc(CCl)cn1. The maximum Gasteiger partial charge on any atom is 0.260 e. The summed E-state index contributed by atoms with van der Waals surface area (Å²) in [5, 5.41) is 0.119. The van der Waals surface area contributed by atoms with Crippen molar-refractivity contribution in [1.82, 2.24) is 9.29 Å². The van der Waals surface area contributed by atoms with E-state index in [4.69, 9.17) is 11.6 Å². The van der Waals surface area contributed by atoms with Crippen LogP contribution in [-0.4, -0.2) is 30.3 Å². The first-order chi connectivity index (χ1) is 8.96. The van der Waals surface area contributed by atoms with Gasteiger partial charge in [0.05, 0.1) is 0 Å². The van der Waals surface area contributed by atoms with E-state index >= 15 is 0 Å². The molecular weight excluding hydrogens is 284 g/mol. The molecule has 1 fully saturated rings. The summed E-state index contributed by atoms with van der Waals surface area (Å²) in [6, 6.07) is 3.34. The molecular formula is C13H19ClN2O2S. The van der Waals surface area contributed by atoms with Crippen molar-refractivity contribution in [1.29, 1.82) is 0 Å². The number of hydrogen-bond acceptors (Lipinski definition) is 3. The fourth-order valence-electron chi connectivity index (χ4n) is 2.49. The minimum atomic E-state index is -3.48. The molecule has 1 aromatic rings. The summed E-state index contributed by atoms with van der Waals surface area (Å²) in [5.41, 5.74) is 0.822. The third-order valence-corrected chi connectivity index (χ3v) is 5.69. The van der Waals surface area contributed by atoms with Crippen molar-refractivity contribution >= 4 is 21.6 Å². The van der Waals surface area contributed by atoms with Gasteiger partial charge in [-0.3, -0.25) is 0 Å². The van der Waals surface area contributed by atoms with Gasteiger partial charge in [-0.1, -0.05) is 19.9 Å². The van der Waals surface area contributed by atoms with Gasteiger partial charge < -0.3 is 0 Å². The zero-order valence-electron chi connectivity index (χ0n) is 11.2. The van der Waals surface area contributed by atoms with Crippen molar-refractivity contribution in [3.05, 3.63) is 23.9 Å². The molecule has 4 nitrogen and oxygen atoms in total. The van der Waals surface area contributed by atoms with E-state index in [2.05, 4.69) is 18.8 Å². The van der Waals surface area contributed by atoms with Crippen molar-refractivity contribution in [2.45, 2.75) is 43.6 Å². The standard InChI is InChI=1S/C13H19ClN2O2S/c1-10(2)12-4-3-7-16(12)19(17,18)13-6-5-11(8-14)9-15-13/h5-6,9-10,12H,3-4,7-8H2,1-2H3. The van der Waals surface area contributed by atoms with Gasteiger partial charge >= 0.3 is 0 Å². The van der Waals surface area contributed by atoms with Gasteiger partial charge in [0.1, 0.15) is 0 Å². The van der Waals surface area contributed by atoms with Gasteiger partial charge in [0.2, 0.25) is 0 Å². The molecule has 1 atom stereocenters. The van der Waals surface area contributed by atoms with E-state index in [1.807, 2.05) is 0 Å². The van der Waals surface area contributed by atoms with Gasteiger partial charge in [0.25, 0.3) is 10.0 Å². The highest BCUT2D eigenvalue weighted by molar-refractivity contribution is 7.89. The average molecular weight is 303 g/mol. The van der Waals surface area contributed by atoms with Crippen LogP contribution in [0.5, 0.6) is 0 Å². The molecule has 2 heterocycles. The Morgan fingerprint density at radius 2 is 2.21 bits per heavy atom. The van der Waals surface area contributed by atoms with Crippen molar-refractivity contribution in [3.63, 3.8) is 0 Å². The summed E-state index contributed by atoms with van der Waals surface area (Å²) in [7, 11) is -3.48. The van der Waals surface area contributed by atoms with Gasteiger partial charge in [-0.05, 0) is 30.4 Å². The Morgan fingerprint density at radius 1 is 1.47 bits per heavy atom. The summed E-state index contributed by atoms with van der Waals surface area (Å²) >= 11 is 5.69. The number of aromatic nitrogens is 1. The Hall–Kier alpha value is -0.650. The van der Waals surface area contributed by atoms with Crippen molar-refractivity contribution < 1.29 is 8.42 Å². The molecule has 0 aromatic carbocycles. The van der Waals surface area contributed by atoms with E-state index in [1.165, 1.54) is 6.20 Å². The lowest BCUT2D eigenvalue weighted by Gasteiger charge is -2.26. The van der Waals surface area contributed by atoms with Gasteiger partial charge in [0, 0.05) is 24.7 Å². The maximum absolute atomic E-state index is 12.6. The molecule has 6 heteroatoms. The van der Waals surface area contributed by atoms with Crippen LogP contribution in [0.2, 0.25) is 0 Å². The molecule has 1 unspecified atom stereocenters. The number of rotatable bonds is 4. The minimum absolute atomic E-state index is 0.0829. The summed E-state index contributed by atoms with van der Waals surface area (Å²) < 4.78 is 26.8. The quantitative estimate of drug-likeness (QED) is 0.803. The first kappa shape index (κ1) is 14.8. The third kappa shape index (κ3) is 2.93. The zero-order chi connectivity index (χ0) is 14.0. The Kier molecular flexibility index (Phi) is 4.48. The highest BCUT2D eigenvalue weighted by Gasteiger charge is 2.37. The molecule has 0 bridgehead atoms. The molecule has 1 aliphatic heterocycles. The van der Waals surface area contributed by atoms with E-state index in [-0.39, 0.29) is 11.1 Å². The summed E-state index contributed by atoms with van der Waals surface area (Å²) in [4.78, 5) is 4.05. The Morgan fingerprint density at radius 3 is 2.74 bits per heavy atom. The molecule has 1 aliphatic rings. The fourth-order valence-corrected chi connectivity index (χ4v) is 4.39. The van der Waals surface area contributed by atoms with E-state index in [0.29, 0.717) is 18.3 Å². The third-order valence-electron chi connectivity index (χ3n) is 3.54. The summed E-state index contributed by atoms with van der Waals surface area (Å²) in [6.45, 7) is 4.70. The number of nitrogens with zero attached hydrogens (tertiary/aromatic N) is 2. The fraction of sp³-hybridized carbons (Fsp3) is 0.615. The van der Waals surface area contributed by atoms with E-state index in [0.717, 1.165) is 18.4 Å². The molecule has 0 aliphatic carbocycles. The van der Waals surface area contributed by atoms with Crippen LogP contribution in [0.15, 0.2) is 23.4 Å². The van der Waals surface area contributed by atoms with Crippen molar-refractivity contribution in [3.8, 4) is 0 Å².